The third-order valence-electron chi connectivity index (χ3n) is 7.18. The molecule has 0 atom stereocenters. The van der Waals surface area contributed by atoms with Crippen molar-refractivity contribution < 1.29 is 23.5 Å². The summed E-state index contributed by atoms with van der Waals surface area (Å²) in [6.45, 7) is 4.07. The number of esters is 1. The second-order valence-electron chi connectivity index (χ2n) is 9.90. The molecule has 39 heavy (non-hydrogen) atoms. The molecule has 4 rings (SSSR count). The van der Waals surface area contributed by atoms with E-state index >= 15 is 0 Å². The van der Waals surface area contributed by atoms with Crippen molar-refractivity contribution in [1.29, 1.82) is 0 Å². The number of carbonyl (C=O) groups excluding carboxylic acids is 3. The monoisotopic (exact) mass is 531 g/mol. The number of rotatable bonds is 9. The fraction of sp³-hybridized carbons (Fsp3) is 0.323. The Morgan fingerprint density at radius 2 is 1.69 bits per heavy atom. The van der Waals surface area contributed by atoms with E-state index in [0.717, 1.165) is 44.5 Å². The number of hydrogen-bond acceptors (Lipinski definition) is 5. The molecule has 2 amide bonds. The number of ketones is 1. The normalized spacial score (nSPS) is 14.0. The summed E-state index contributed by atoms with van der Waals surface area (Å²) in [5.74, 6) is -0.210. The van der Waals surface area contributed by atoms with Gasteiger partial charge in [-0.2, -0.15) is 0 Å². The van der Waals surface area contributed by atoms with E-state index < -0.39 is 12.0 Å². The molecule has 1 saturated heterocycles. The molecule has 8 heteroatoms. The number of nitrogens with zero attached hydrogens (tertiary/aromatic N) is 1. The van der Waals surface area contributed by atoms with E-state index in [9.17, 15) is 18.8 Å². The Labute approximate surface area is 228 Å². The first kappa shape index (κ1) is 28.0. The molecule has 0 bridgehead atoms. The molecule has 0 unspecified atom stereocenters. The molecule has 3 aromatic rings. The van der Waals surface area contributed by atoms with Crippen LogP contribution in [0.15, 0.2) is 66.7 Å². The van der Waals surface area contributed by atoms with Crippen LogP contribution in [-0.4, -0.2) is 49.4 Å². The zero-order chi connectivity index (χ0) is 27.8. The quantitative estimate of drug-likeness (QED) is 0.263. The lowest BCUT2D eigenvalue weighted by Crippen LogP contribution is -2.36. The molecule has 0 saturated carbocycles. The Morgan fingerprint density at radius 3 is 2.38 bits per heavy atom. The fourth-order valence-electron chi connectivity index (χ4n) is 5.01. The average molecular weight is 532 g/mol. The van der Waals surface area contributed by atoms with Gasteiger partial charge in [0.2, 0.25) is 0 Å². The zero-order valence-electron chi connectivity index (χ0n) is 22.3. The van der Waals surface area contributed by atoms with Crippen LogP contribution in [0.5, 0.6) is 0 Å². The maximum Gasteiger partial charge on any atom is 0.338 e. The Bertz CT molecular complexity index is 1320. The summed E-state index contributed by atoms with van der Waals surface area (Å²) < 4.78 is 18.2. The molecule has 0 aliphatic carbocycles. The van der Waals surface area contributed by atoms with Gasteiger partial charge in [0.15, 0.2) is 5.78 Å². The molecule has 1 aliphatic rings. The molecule has 0 aromatic heterocycles. The highest BCUT2D eigenvalue weighted by Gasteiger charge is 2.22. The minimum Gasteiger partial charge on any atom is -0.465 e. The average Bonchev–Trinajstić information content (AvgIpc) is 2.94. The van der Waals surface area contributed by atoms with Crippen LogP contribution in [0.3, 0.4) is 0 Å². The van der Waals surface area contributed by atoms with Crippen molar-refractivity contribution in [3.05, 3.63) is 94.8 Å². The number of urea groups is 1. The number of likely N-dealkylation sites (tertiary alicyclic amines) is 1. The number of piperidine rings is 1. The van der Waals surface area contributed by atoms with Crippen molar-refractivity contribution in [2.24, 2.45) is 5.92 Å². The standard InChI is InChI=1S/C31H34FN3O4/c1-21(36)24-5-3-6-26(20-24)33-31(38)34-29-8-4-7-28(30(37)39-2)27(29)15-18-35-16-13-23(14-17-35)19-22-9-11-25(32)12-10-22/h3-12,20,23H,13-19H2,1-2H3,(H2,33,34,38). The van der Waals surface area contributed by atoms with Crippen LogP contribution in [0, 0.1) is 11.7 Å². The number of methoxy groups -OCH3 is 1. The van der Waals surface area contributed by atoms with Crippen LogP contribution < -0.4 is 10.6 Å². The molecule has 204 valence electrons. The number of benzene rings is 3. The van der Waals surface area contributed by atoms with Crippen LogP contribution in [0.1, 0.15) is 51.6 Å². The van der Waals surface area contributed by atoms with Gasteiger partial charge in [0, 0.05) is 23.5 Å². The van der Waals surface area contributed by atoms with Crippen LogP contribution in [0.4, 0.5) is 20.6 Å². The number of carbonyl (C=O) groups is 3. The van der Waals surface area contributed by atoms with Crippen molar-refractivity contribution in [2.75, 3.05) is 37.4 Å². The van der Waals surface area contributed by atoms with E-state index in [-0.39, 0.29) is 11.6 Å². The van der Waals surface area contributed by atoms with Crippen molar-refractivity contribution in [3.8, 4) is 0 Å². The summed E-state index contributed by atoms with van der Waals surface area (Å²) in [7, 11) is 1.34. The fourth-order valence-corrected chi connectivity index (χ4v) is 5.01. The van der Waals surface area contributed by atoms with Gasteiger partial charge in [-0.25, -0.2) is 14.0 Å². The third kappa shape index (κ3) is 7.74. The van der Waals surface area contributed by atoms with Gasteiger partial charge in [-0.3, -0.25) is 4.79 Å². The molecule has 1 aliphatic heterocycles. The van der Waals surface area contributed by atoms with E-state index in [2.05, 4.69) is 15.5 Å². The lowest BCUT2D eigenvalue weighted by Gasteiger charge is -2.32. The maximum atomic E-state index is 13.2. The van der Waals surface area contributed by atoms with Gasteiger partial charge in [-0.1, -0.05) is 30.3 Å². The van der Waals surface area contributed by atoms with Crippen LogP contribution in [0.2, 0.25) is 0 Å². The van der Waals surface area contributed by atoms with Gasteiger partial charge in [-0.15, -0.1) is 0 Å². The molecule has 7 nitrogen and oxygen atoms in total. The second kappa shape index (κ2) is 13.2. The van der Waals surface area contributed by atoms with Crippen molar-refractivity contribution in [2.45, 2.75) is 32.6 Å². The summed E-state index contributed by atoms with van der Waals surface area (Å²) in [5, 5.41) is 5.62. The Morgan fingerprint density at radius 1 is 0.974 bits per heavy atom. The minimum absolute atomic E-state index is 0.0911. The highest BCUT2D eigenvalue weighted by Crippen LogP contribution is 2.25. The van der Waals surface area contributed by atoms with Crippen molar-refractivity contribution in [3.63, 3.8) is 0 Å². The van der Waals surface area contributed by atoms with Gasteiger partial charge < -0.3 is 20.3 Å². The van der Waals surface area contributed by atoms with Gasteiger partial charge in [0.05, 0.1) is 12.7 Å². The molecule has 0 radical (unpaired) electrons. The molecular weight excluding hydrogens is 497 g/mol. The second-order valence-corrected chi connectivity index (χ2v) is 9.90. The number of ether oxygens (including phenoxy) is 1. The molecule has 0 spiro atoms. The predicted molar refractivity (Wildman–Crippen MR) is 150 cm³/mol. The van der Waals surface area contributed by atoms with E-state index in [0.29, 0.717) is 40.4 Å². The first-order chi connectivity index (χ1) is 18.8. The van der Waals surface area contributed by atoms with Crippen LogP contribution >= 0.6 is 0 Å². The van der Waals surface area contributed by atoms with Crippen LogP contribution in [0.25, 0.3) is 0 Å². The highest BCUT2D eigenvalue weighted by atomic mass is 19.1. The van der Waals surface area contributed by atoms with Crippen LogP contribution in [-0.2, 0) is 17.6 Å². The predicted octanol–water partition coefficient (Wildman–Crippen LogP) is 5.96. The first-order valence-corrected chi connectivity index (χ1v) is 13.2. The summed E-state index contributed by atoms with van der Waals surface area (Å²) >= 11 is 0. The number of halogens is 1. The van der Waals surface area contributed by atoms with Crippen molar-refractivity contribution in [1.82, 2.24) is 4.90 Å². The van der Waals surface area contributed by atoms with E-state index in [1.807, 2.05) is 12.1 Å². The summed E-state index contributed by atoms with van der Waals surface area (Å²) in [5.41, 5.74) is 3.82. The number of anilines is 2. The third-order valence-corrected chi connectivity index (χ3v) is 7.18. The zero-order valence-corrected chi connectivity index (χ0v) is 22.3. The van der Waals surface area contributed by atoms with Gasteiger partial charge in [0.25, 0.3) is 0 Å². The molecule has 3 aromatic carbocycles. The Kier molecular flexibility index (Phi) is 9.44. The highest BCUT2D eigenvalue weighted by molar-refractivity contribution is 6.03. The van der Waals surface area contributed by atoms with Gasteiger partial charge in [0.1, 0.15) is 5.82 Å². The number of nitrogens with one attached hydrogen (secondary N) is 2. The number of amides is 2. The van der Waals surface area contributed by atoms with E-state index in [1.165, 1.54) is 26.2 Å². The number of hydrogen-bond donors (Lipinski definition) is 2. The molecular formula is C31H34FN3O4. The molecule has 1 fully saturated rings. The molecule has 1 heterocycles. The lowest BCUT2D eigenvalue weighted by molar-refractivity contribution is 0.0599. The Balaban J connectivity index is 1.39. The largest absolute Gasteiger partial charge is 0.465 e. The number of Topliss-reactive ketones (excluding diaryl/α,β-unsaturated/α-hetero) is 1. The Hall–Kier alpha value is -4.04. The summed E-state index contributed by atoms with van der Waals surface area (Å²) in [6, 6.07) is 18.2. The maximum absolute atomic E-state index is 13.2. The topological polar surface area (TPSA) is 87.7 Å². The SMILES string of the molecule is COC(=O)c1cccc(NC(=O)Nc2cccc(C(C)=O)c2)c1CCN1CCC(Cc2ccc(F)cc2)CC1. The summed E-state index contributed by atoms with van der Waals surface area (Å²) in [4.78, 5) is 39.4. The van der Waals surface area contributed by atoms with E-state index in [1.54, 1.807) is 42.5 Å². The smallest absolute Gasteiger partial charge is 0.338 e. The molecule has 2 N–H and O–H groups in total. The van der Waals surface area contributed by atoms with Gasteiger partial charge >= 0.3 is 12.0 Å². The minimum atomic E-state index is -0.472. The van der Waals surface area contributed by atoms with Gasteiger partial charge in [-0.05, 0) is 99.1 Å². The summed E-state index contributed by atoms with van der Waals surface area (Å²) in [6.07, 6.45) is 3.59. The first-order valence-electron chi connectivity index (χ1n) is 13.2. The van der Waals surface area contributed by atoms with E-state index in [4.69, 9.17) is 4.74 Å². The lowest BCUT2D eigenvalue weighted by atomic mass is 9.90. The van der Waals surface area contributed by atoms with Crippen molar-refractivity contribution >= 4 is 29.2 Å².